The van der Waals surface area contributed by atoms with E-state index < -0.39 is 41.1 Å². The summed E-state index contributed by atoms with van der Waals surface area (Å²) < 4.78 is 12.2. The SMILES string of the molecule is C=CCN(C(=O)C1N([C@@H](CC)CO)C(=O)[C@@H]2[C@H](C(=O)OCC)[C@@]3(C)OC12CC3C)c1ccc2ccccc2c1. The van der Waals surface area contributed by atoms with E-state index >= 15 is 0 Å². The molecule has 7 atom stereocenters. The molecule has 2 amide bonds. The van der Waals surface area contributed by atoms with Crippen LogP contribution in [0.15, 0.2) is 55.1 Å². The number of ether oxygens (including phenoxy) is 2. The highest BCUT2D eigenvalue weighted by atomic mass is 16.6. The lowest BCUT2D eigenvalue weighted by molar-refractivity contribution is -0.162. The van der Waals surface area contributed by atoms with Crippen LogP contribution in [-0.4, -0.2) is 70.8 Å². The number of carbonyl (C=O) groups excluding carboxylic acids is 3. The maximum Gasteiger partial charge on any atom is 0.312 e. The van der Waals surface area contributed by atoms with Gasteiger partial charge in [0.05, 0.1) is 30.8 Å². The zero-order chi connectivity index (χ0) is 28.1. The second kappa shape index (κ2) is 10.1. The van der Waals surface area contributed by atoms with Crippen LogP contribution in [0.3, 0.4) is 0 Å². The van der Waals surface area contributed by atoms with Gasteiger partial charge in [-0.25, -0.2) is 0 Å². The Labute approximate surface area is 229 Å². The maximum atomic E-state index is 14.7. The molecule has 3 aliphatic heterocycles. The predicted octanol–water partition coefficient (Wildman–Crippen LogP) is 3.70. The van der Waals surface area contributed by atoms with Crippen LogP contribution in [0.1, 0.15) is 40.5 Å². The molecule has 0 aromatic heterocycles. The maximum absolute atomic E-state index is 14.7. The Morgan fingerprint density at radius 2 is 1.97 bits per heavy atom. The number of hydrogen-bond donors (Lipinski definition) is 1. The minimum Gasteiger partial charge on any atom is -0.466 e. The average molecular weight is 535 g/mol. The molecule has 39 heavy (non-hydrogen) atoms. The number of hydrogen-bond acceptors (Lipinski definition) is 6. The molecule has 1 spiro atoms. The van der Waals surface area contributed by atoms with Gasteiger partial charge in [0.25, 0.3) is 5.91 Å². The van der Waals surface area contributed by atoms with E-state index in [1.165, 1.54) is 4.90 Å². The highest BCUT2D eigenvalue weighted by molar-refractivity contribution is 6.05. The Bertz CT molecular complexity index is 1310. The topological polar surface area (TPSA) is 96.4 Å². The summed E-state index contributed by atoms with van der Waals surface area (Å²) in [6, 6.07) is 12.1. The number of esters is 1. The van der Waals surface area contributed by atoms with E-state index in [-0.39, 0.29) is 37.5 Å². The molecule has 208 valence electrons. The van der Waals surface area contributed by atoms with Crippen LogP contribution in [0, 0.1) is 17.8 Å². The van der Waals surface area contributed by atoms with E-state index in [1.54, 1.807) is 17.9 Å². The van der Waals surface area contributed by atoms with E-state index in [0.29, 0.717) is 18.5 Å². The summed E-state index contributed by atoms with van der Waals surface area (Å²) in [4.78, 5) is 45.4. The van der Waals surface area contributed by atoms with Gasteiger partial charge in [-0.15, -0.1) is 6.58 Å². The van der Waals surface area contributed by atoms with Crippen molar-refractivity contribution in [3.63, 3.8) is 0 Å². The summed E-state index contributed by atoms with van der Waals surface area (Å²) in [5.41, 5.74) is -1.47. The number of amides is 2. The summed E-state index contributed by atoms with van der Waals surface area (Å²) in [6.45, 7) is 11.5. The fourth-order valence-electron chi connectivity index (χ4n) is 7.30. The highest BCUT2D eigenvalue weighted by Gasteiger charge is 2.80. The number of benzene rings is 2. The Kier molecular flexibility index (Phi) is 7.06. The number of anilines is 1. The number of nitrogens with zero attached hydrogens (tertiary/aromatic N) is 2. The molecule has 1 N–H and O–H groups in total. The Morgan fingerprint density at radius 3 is 2.62 bits per heavy atom. The Hall–Kier alpha value is -3.23. The number of aliphatic hydroxyl groups excluding tert-OH is 1. The first-order valence-electron chi connectivity index (χ1n) is 13.9. The molecule has 3 saturated heterocycles. The van der Waals surface area contributed by atoms with Gasteiger partial charge in [-0.3, -0.25) is 14.4 Å². The second-order valence-corrected chi connectivity index (χ2v) is 11.2. The van der Waals surface area contributed by atoms with Gasteiger partial charge >= 0.3 is 5.97 Å². The van der Waals surface area contributed by atoms with E-state index in [4.69, 9.17) is 9.47 Å². The lowest BCUT2D eigenvalue weighted by Gasteiger charge is -2.39. The Morgan fingerprint density at radius 1 is 1.26 bits per heavy atom. The third kappa shape index (κ3) is 3.91. The number of carbonyl (C=O) groups is 3. The van der Waals surface area contributed by atoms with Crippen molar-refractivity contribution < 1.29 is 29.0 Å². The Balaban J connectivity index is 1.65. The first-order chi connectivity index (χ1) is 18.7. The van der Waals surface area contributed by atoms with Crippen molar-refractivity contribution in [3.8, 4) is 0 Å². The fraction of sp³-hybridized carbons (Fsp3) is 0.516. The fourth-order valence-corrected chi connectivity index (χ4v) is 7.30. The second-order valence-electron chi connectivity index (χ2n) is 11.2. The molecule has 2 bridgehead atoms. The minimum atomic E-state index is -1.21. The van der Waals surface area contributed by atoms with Gasteiger partial charge in [0.1, 0.15) is 17.6 Å². The number of fused-ring (bicyclic) bond motifs is 2. The third-order valence-electron chi connectivity index (χ3n) is 9.22. The van der Waals surface area contributed by atoms with Crippen molar-refractivity contribution in [2.24, 2.45) is 17.8 Å². The number of aliphatic hydroxyl groups is 1. The zero-order valence-electron chi connectivity index (χ0n) is 23.1. The smallest absolute Gasteiger partial charge is 0.312 e. The predicted molar refractivity (Wildman–Crippen MR) is 148 cm³/mol. The standard InChI is InChI=1S/C31H38N2O6/c1-6-15-32(23-14-13-20-11-9-10-12-21(20)16-23)28(36)26-31-17-19(4)30(5,39-31)25(29(37)38-8-3)24(31)27(35)33(26)22(7-2)18-34/h6,9-14,16,19,22,24-26,34H,1,7-8,15,17-18H2,2-5H3/t19?,22-,24-,25+,26?,30-,31?/m0/s1. The van der Waals surface area contributed by atoms with Gasteiger partial charge in [-0.05, 0) is 55.5 Å². The number of likely N-dealkylation sites (tertiary alicyclic amines) is 1. The van der Waals surface area contributed by atoms with Gasteiger partial charge in [0, 0.05) is 12.2 Å². The van der Waals surface area contributed by atoms with Crippen LogP contribution in [0.2, 0.25) is 0 Å². The molecule has 3 unspecified atom stereocenters. The van der Waals surface area contributed by atoms with Crippen molar-refractivity contribution in [2.75, 3.05) is 24.7 Å². The quantitative estimate of drug-likeness (QED) is 0.389. The largest absolute Gasteiger partial charge is 0.466 e. The molecule has 2 aromatic carbocycles. The summed E-state index contributed by atoms with van der Waals surface area (Å²) in [6.07, 6.45) is 2.55. The summed E-state index contributed by atoms with van der Waals surface area (Å²) in [5.74, 6) is -2.91. The molecule has 8 heteroatoms. The van der Waals surface area contributed by atoms with Gasteiger partial charge in [0.15, 0.2) is 0 Å². The lowest BCUT2D eigenvalue weighted by Crippen LogP contribution is -2.59. The van der Waals surface area contributed by atoms with Crippen LogP contribution in [0.4, 0.5) is 5.69 Å². The lowest BCUT2D eigenvalue weighted by atomic mass is 9.62. The van der Waals surface area contributed by atoms with Gasteiger partial charge in [0.2, 0.25) is 5.91 Å². The van der Waals surface area contributed by atoms with Crippen LogP contribution in [-0.2, 0) is 23.9 Å². The molecule has 0 radical (unpaired) electrons. The van der Waals surface area contributed by atoms with E-state index in [2.05, 4.69) is 6.58 Å². The highest BCUT2D eigenvalue weighted by Crippen LogP contribution is 2.65. The van der Waals surface area contributed by atoms with Gasteiger partial charge in [-0.1, -0.05) is 50.3 Å². The molecule has 0 saturated carbocycles. The molecule has 5 rings (SSSR count). The van der Waals surface area contributed by atoms with Crippen LogP contribution < -0.4 is 4.90 Å². The molecule has 3 aliphatic rings. The van der Waals surface area contributed by atoms with Crippen molar-refractivity contribution in [1.29, 1.82) is 0 Å². The van der Waals surface area contributed by atoms with Crippen molar-refractivity contribution >= 4 is 34.2 Å². The molecule has 0 aliphatic carbocycles. The normalized spacial score (nSPS) is 31.8. The van der Waals surface area contributed by atoms with Gasteiger partial charge < -0.3 is 24.4 Å². The third-order valence-corrected chi connectivity index (χ3v) is 9.22. The van der Waals surface area contributed by atoms with Crippen LogP contribution in [0.5, 0.6) is 0 Å². The molecular weight excluding hydrogens is 496 g/mol. The molecular formula is C31H38N2O6. The van der Waals surface area contributed by atoms with Crippen molar-refractivity contribution in [2.45, 2.75) is 63.8 Å². The van der Waals surface area contributed by atoms with E-state index in [1.807, 2.05) is 63.2 Å². The zero-order valence-corrected chi connectivity index (χ0v) is 23.1. The van der Waals surface area contributed by atoms with Crippen molar-refractivity contribution in [3.05, 3.63) is 55.1 Å². The van der Waals surface area contributed by atoms with Crippen LogP contribution in [0.25, 0.3) is 10.8 Å². The molecule has 2 aromatic rings. The number of rotatable bonds is 9. The van der Waals surface area contributed by atoms with Crippen LogP contribution >= 0.6 is 0 Å². The van der Waals surface area contributed by atoms with E-state index in [9.17, 15) is 19.5 Å². The van der Waals surface area contributed by atoms with E-state index in [0.717, 1.165) is 10.8 Å². The molecule has 3 fully saturated rings. The van der Waals surface area contributed by atoms with Gasteiger partial charge in [-0.2, -0.15) is 0 Å². The summed E-state index contributed by atoms with van der Waals surface area (Å²) in [5, 5.41) is 12.3. The first kappa shape index (κ1) is 27.3. The summed E-state index contributed by atoms with van der Waals surface area (Å²) >= 11 is 0. The van der Waals surface area contributed by atoms with Crippen molar-refractivity contribution in [1.82, 2.24) is 4.90 Å². The first-order valence-corrected chi connectivity index (χ1v) is 13.9. The molecule has 3 heterocycles. The summed E-state index contributed by atoms with van der Waals surface area (Å²) in [7, 11) is 0. The average Bonchev–Trinajstić information content (AvgIpc) is 3.44. The monoisotopic (exact) mass is 534 g/mol. The minimum absolute atomic E-state index is 0.0890. The molecule has 8 nitrogen and oxygen atoms in total.